The van der Waals surface area contributed by atoms with Crippen LogP contribution in [0.15, 0.2) is 40.9 Å². The summed E-state index contributed by atoms with van der Waals surface area (Å²) >= 11 is 3.19. The predicted octanol–water partition coefficient (Wildman–Crippen LogP) is 3.93. The number of anilines is 1. The van der Waals surface area contributed by atoms with E-state index in [1.165, 1.54) is 18.2 Å². The van der Waals surface area contributed by atoms with Gasteiger partial charge in [0.1, 0.15) is 17.3 Å². The van der Waals surface area contributed by atoms with Gasteiger partial charge in [-0.25, -0.2) is 9.18 Å². The van der Waals surface area contributed by atoms with Gasteiger partial charge in [-0.2, -0.15) is 0 Å². The van der Waals surface area contributed by atoms with Gasteiger partial charge >= 0.3 is 6.03 Å². The summed E-state index contributed by atoms with van der Waals surface area (Å²) in [7, 11) is 3.12. The Morgan fingerprint density at radius 1 is 1.13 bits per heavy atom. The third-order valence-corrected chi connectivity index (χ3v) is 3.70. The minimum Gasteiger partial charge on any atom is -0.497 e. The molecule has 2 aromatic carbocycles. The highest BCUT2D eigenvalue weighted by Crippen LogP contribution is 2.24. The molecular formula is C16H16BrFN2O3. The fourth-order valence-electron chi connectivity index (χ4n) is 1.91. The Morgan fingerprint density at radius 2 is 1.78 bits per heavy atom. The van der Waals surface area contributed by atoms with Gasteiger partial charge in [-0.05, 0) is 51.8 Å². The van der Waals surface area contributed by atoms with Crippen LogP contribution >= 0.6 is 15.9 Å². The van der Waals surface area contributed by atoms with Crippen molar-refractivity contribution < 1.29 is 18.7 Å². The van der Waals surface area contributed by atoms with Crippen LogP contribution in [0.1, 0.15) is 5.56 Å². The summed E-state index contributed by atoms with van der Waals surface area (Å²) in [5, 5.41) is 5.35. The van der Waals surface area contributed by atoms with Crippen LogP contribution in [0.3, 0.4) is 0 Å². The van der Waals surface area contributed by atoms with Gasteiger partial charge in [0.2, 0.25) is 0 Å². The molecule has 0 saturated heterocycles. The van der Waals surface area contributed by atoms with Crippen molar-refractivity contribution in [1.29, 1.82) is 0 Å². The fraction of sp³-hybridized carbons (Fsp3) is 0.188. The highest BCUT2D eigenvalue weighted by molar-refractivity contribution is 9.10. The maximum atomic E-state index is 13.0. The molecule has 2 amide bonds. The minimum absolute atomic E-state index is 0.290. The van der Waals surface area contributed by atoms with Crippen molar-refractivity contribution in [2.24, 2.45) is 0 Å². The number of hydrogen-bond acceptors (Lipinski definition) is 3. The lowest BCUT2D eigenvalue weighted by atomic mass is 10.2. The number of urea groups is 1. The third-order valence-electron chi connectivity index (χ3n) is 3.04. The molecule has 0 aliphatic heterocycles. The number of amides is 2. The summed E-state index contributed by atoms with van der Waals surface area (Å²) in [6.07, 6.45) is 0. The van der Waals surface area contributed by atoms with Crippen molar-refractivity contribution in [2.75, 3.05) is 19.5 Å². The van der Waals surface area contributed by atoms with Crippen LogP contribution in [0.5, 0.6) is 11.5 Å². The zero-order chi connectivity index (χ0) is 16.8. The predicted molar refractivity (Wildman–Crippen MR) is 89.5 cm³/mol. The lowest BCUT2D eigenvalue weighted by Gasteiger charge is -2.11. The van der Waals surface area contributed by atoms with E-state index in [-0.39, 0.29) is 12.4 Å². The van der Waals surface area contributed by atoms with Crippen LogP contribution in [0.4, 0.5) is 14.9 Å². The number of ether oxygens (including phenoxy) is 2. The largest absolute Gasteiger partial charge is 0.497 e. The number of nitrogens with one attached hydrogen (secondary N) is 2. The zero-order valence-corrected chi connectivity index (χ0v) is 14.2. The van der Waals surface area contributed by atoms with Crippen LogP contribution in [0.25, 0.3) is 0 Å². The smallest absolute Gasteiger partial charge is 0.319 e. The molecule has 0 radical (unpaired) electrons. The third kappa shape index (κ3) is 4.85. The first-order chi connectivity index (χ1) is 11.0. The van der Waals surface area contributed by atoms with Crippen LogP contribution in [-0.2, 0) is 6.54 Å². The Morgan fingerprint density at radius 3 is 2.35 bits per heavy atom. The van der Waals surface area contributed by atoms with Crippen molar-refractivity contribution in [3.63, 3.8) is 0 Å². The van der Waals surface area contributed by atoms with Gasteiger partial charge in [-0.1, -0.05) is 0 Å². The van der Waals surface area contributed by atoms with Gasteiger partial charge in [-0.3, -0.25) is 0 Å². The molecule has 2 N–H and O–H groups in total. The molecule has 0 atom stereocenters. The van der Waals surface area contributed by atoms with Crippen LogP contribution < -0.4 is 20.1 Å². The van der Waals surface area contributed by atoms with E-state index in [4.69, 9.17) is 9.47 Å². The quantitative estimate of drug-likeness (QED) is 0.823. The van der Waals surface area contributed by atoms with Gasteiger partial charge < -0.3 is 20.1 Å². The van der Waals surface area contributed by atoms with Crippen molar-refractivity contribution >= 4 is 27.6 Å². The van der Waals surface area contributed by atoms with Gasteiger partial charge in [0.05, 0.1) is 19.9 Å². The average molecular weight is 383 g/mol. The fourth-order valence-corrected chi connectivity index (χ4v) is 2.36. The van der Waals surface area contributed by atoms with E-state index in [1.54, 1.807) is 32.4 Å². The van der Waals surface area contributed by atoms with E-state index in [0.29, 0.717) is 21.7 Å². The maximum absolute atomic E-state index is 13.0. The Balaban J connectivity index is 1.99. The van der Waals surface area contributed by atoms with Crippen LogP contribution in [0, 0.1) is 5.82 Å². The molecule has 5 nitrogen and oxygen atoms in total. The van der Waals surface area contributed by atoms with Crippen molar-refractivity contribution in [3.05, 3.63) is 52.3 Å². The summed E-state index contributed by atoms with van der Waals surface area (Å²) in [5.41, 5.74) is 1.31. The van der Waals surface area contributed by atoms with Gasteiger partial charge in [0.25, 0.3) is 0 Å². The normalized spacial score (nSPS) is 10.1. The van der Waals surface area contributed by atoms with E-state index in [0.717, 1.165) is 5.56 Å². The summed E-state index contributed by atoms with van der Waals surface area (Å²) in [5.74, 6) is 0.900. The average Bonchev–Trinajstić information content (AvgIpc) is 2.55. The van der Waals surface area contributed by atoms with E-state index >= 15 is 0 Å². The Labute approximate surface area is 141 Å². The first-order valence-electron chi connectivity index (χ1n) is 6.73. The Bertz CT molecular complexity index is 687. The molecule has 0 saturated carbocycles. The molecule has 0 heterocycles. The number of carbonyl (C=O) groups excluding carboxylic acids is 1. The molecule has 2 rings (SSSR count). The van der Waals surface area contributed by atoms with Crippen LogP contribution in [0.2, 0.25) is 0 Å². The van der Waals surface area contributed by atoms with Gasteiger partial charge in [-0.15, -0.1) is 0 Å². The molecule has 7 heteroatoms. The number of hydrogen-bond donors (Lipinski definition) is 2. The van der Waals surface area contributed by atoms with Crippen LogP contribution in [-0.4, -0.2) is 20.3 Å². The SMILES string of the molecule is COc1cc(CNC(=O)Nc2ccc(F)cc2Br)cc(OC)c1. The van der Waals surface area contributed by atoms with Crippen molar-refractivity contribution in [2.45, 2.75) is 6.54 Å². The molecule has 2 aromatic rings. The summed E-state index contributed by atoms with van der Waals surface area (Å²) in [6.45, 7) is 0.290. The van der Waals surface area contributed by atoms with Gasteiger partial charge in [0.15, 0.2) is 0 Å². The summed E-state index contributed by atoms with van der Waals surface area (Å²) in [4.78, 5) is 11.9. The second-order valence-corrected chi connectivity index (χ2v) is 5.51. The summed E-state index contributed by atoms with van der Waals surface area (Å²) < 4.78 is 23.8. The molecular weight excluding hydrogens is 367 g/mol. The zero-order valence-electron chi connectivity index (χ0n) is 12.7. The molecule has 0 bridgehead atoms. The highest BCUT2D eigenvalue weighted by atomic mass is 79.9. The first kappa shape index (κ1) is 17.1. The Kier molecular flexibility index (Phi) is 5.81. The number of carbonyl (C=O) groups is 1. The maximum Gasteiger partial charge on any atom is 0.319 e. The van der Waals surface area contributed by atoms with Gasteiger partial charge in [0, 0.05) is 17.1 Å². The summed E-state index contributed by atoms with van der Waals surface area (Å²) in [6, 6.07) is 8.98. The molecule has 0 aromatic heterocycles. The second kappa shape index (κ2) is 7.82. The molecule has 122 valence electrons. The molecule has 0 aliphatic rings. The van der Waals surface area contributed by atoms with E-state index in [2.05, 4.69) is 26.6 Å². The number of methoxy groups -OCH3 is 2. The standard InChI is InChI=1S/C16H16BrFN2O3/c1-22-12-5-10(6-13(8-12)23-2)9-19-16(21)20-15-4-3-11(18)7-14(15)17/h3-8H,9H2,1-2H3,(H2,19,20,21). The molecule has 0 spiro atoms. The monoisotopic (exact) mass is 382 g/mol. The molecule has 0 fully saturated rings. The molecule has 23 heavy (non-hydrogen) atoms. The number of rotatable bonds is 5. The van der Waals surface area contributed by atoms with E-state index in [1.807, 2.05) is 0 Å². The van der Waals surface area contributed by atoms with E-state index < -0.39 is 6.03 Å². The van der Waals surface area contributed by atoms with Crippen molar-refractivity contribution in [1.82, 2.24) is 5.32 Å². The second-order valence-electron chi connectivity index (χ2n) is 4.65. The lowest BCUT2D eigenvalue weighted by Crippen LogP contribution is -2.28. The Hall–Kier alpha value is -2.28. The lowest BCUT2D eigenvalue weighted by molar-refractivity contribution is 0.251. The highest BCUT2D eigenvalue weighted by Gasteiger charge is 2.07. The topological polar surface area (TPSA) is 59.6 Å². The van der Waals surface area contributed by atoms with E-state index in [9.17, 15) is 9.18 Å². The number of benzene rings is 2. The molecule has 0 aliphatic carbocycles. The molecule has 0 unspecified atom stereocenters. The number of halogens is 2. The van der Waals surface area contributed by atoms with Crippen molar-refractivity contribution in [3.8, 4) is 11.5 Å². The minimum atomic E-state index is -0.404. The first-order valence-corrected chi connectivity index (χ1v) is 7.53.